The molecule has 1 amide bonds. The van der Waals surface area contributed by atoms with Crippen LogP contribution in [0.25, 0.3) is 10.9 Å². The number of carbonyl (C=O) groups is 1. The molecule has 0 bridgehead atoms. The number of aromatic hydroxyl groups is 1. The number of hydrazone groups is 1. The first kappa shape index (κ1) is 15.6. The van der Waals surface area contributed by atoms with Gasteiger partial charge in [0.15, 0.2) is 0 Å². The molecule has 0 fully saturated rings. The summed E-state index contributed by atoms with van der Waals surface area (Å²) in [6, 6.07) is 12.6. The Morgan fingerprint density at radius 3 is 2.96 bits per heavy atom. The zero-order valence-electron chi connectivity index (χ0n) is 13.1. The van der Waals surface area contributed by atoms with Crippen LogP contribution in [0.5, 0.6) is 11.5 Å². The number of nitrogens with one attached hydrogen (secondary N) is 2. The van der Waals surface area contributed by atoms with Gasteiger partial charge in [0.2, 0.25) is 5.91 Å². The molecule has 6 nitrogen and oxygen atoms in total. The molecule has 24 heavy (non-hydrogen) atoms. The normalized spacial score (nSPS) is 11.0. The highest BCUT2D eigenvalue weighted by Gasteiger charge is 2.08. The summed E-state index contributed by atoms with van der Waals surface area (Å²) in [6.07, 6.45) is 3.43. The molecular formula is C18H17N3O3. The van der Waals surface area contributed by atoms with E-state index in [-0.39, 0.29) is 18.1 Å². The molecule has 0 aliphatic rings. The summed E-state index contributed by atoms with van der Waals surface area (Å²) in [5, 5.41) is 14.7. The monoisotopic (exact) mass is 323 g/mol. The second-order valence-corrected chi connectivity index (χ2v) is 5.25. The van der Waals surface area contributed by atoms with Crippen molar-refractivity contribution >= 4 is 23.0 Å². The molecule has 0 aliphatic heterocycles. The predicted octanol–water partition coefficient (Wildman–Crippen LogP) is 2.57. The van der Waals surface area contributed by atoms with Gasteiger partial charge in [-0.05, 0) is 23.8 Å². The van der Waals surface area contributed by atoms with E-state index < -0.39 is 0 Å². The number of phenols is 1. The predicted molar refractivity (Wildman–Crippen MR) is 92.4 cm³/mol. The maximum absolute atomic E-state index is 12.0. The molecule has 3 aromatic rings. The number of H-pyrrole nitrogens is 1. The minimum atomic E-state index is -0.232. The molecule has 3 rings (SSSR count). The van der Waals surface area contributed by atoms with E-state index in [1.54, 1.807) is 12.1 Å². The van der Waals surface area contributed by atoms with Crippen LogP contribution in [0.3, 0.4) is 0 Å². The van der Waals surface area contributed by atoms with Gasteiger partial charge in [0.05, 0.1) is 19.7 Å². The van der Waals surface area contributed by atoms with Crippen molar-refractivity contribution in [1.82, 2.24) is 10.4 Å². The maximum Gasteiger partial charge on any atom is 0.244 e. The number of para-hydroxylation sites is 1. The SMILES string of the molecule is COc1ccc(/C=N/NC(=O)Cc2c[nH]c3ccccc23)c(O)c1. The summed E-state index contributed by atoms with van der Waals surface area (Å²) in [4.78, 5) is 15.1. The van der Waals surface area contributed by atoms with Crippen LogP contribution in [0.1, 0.15) is 11.1 Å². The first-order chi connectivity index (χ1) is 11.7. The lowest BCUT2D eigenvalue weighted by Gasteiger charge is -2.03. The number of ether oxygens (including phenoxy) is 1. The maximum atomic E-state index is 12.0. The molecule has 0 saturated carbocycles. The number of phenolic OH excluding ortho intramolecular Hbond substituents is 1. The number of fused-ring (bicyclic) bond motifs is 1. The summed E-state index contributed by atoms with van der Waals surface area (Å²) >= 11 is 0. The lowest BCUT2D eigenvalue weighted by molar-refractivity contribution is -0.120. The molecule has 1 heterocycles. The van der Waals surface area contributed by atoms with Crippen LogP contribution in [0.4, 0.5) is 0 Å². The van der Waals surface area contributed by atoms with E-state index in [1.165, 1.54) is 19.4 Å². The standard InChI is InChI=1S/C18H17N3O3/c1-24-14-7-6-12(17(22)9-14)11-20-21-18(23)8-13-10-19-16-5-3-2-4-15(13)16/h2-7,9-11,19,22H,8H2,1H3,(H,21,23)/b20-11+. The summed E-state index contributed by atoms with van der Waals surface area (Å²) in [5.41, 5.74) is 4.85. The van der Waals surface area contributed by atoms with E-state index in [0.29, 0.717) is 11.3 Å². The molecule has 0 radical (unpaired) electrons. The highest BCUT2D eigenvalue weighted by atomic mass is 16.5. The van der Waals surface area contributed by atoms with Crippen LogP contribution in [-0.4, -0.2) is 29.3 Å². The van der Waals surface area contributed by atoms with Gasteiger partial charge in [-0.3, -0.25) is 4.79 Å². The number of hydrogen-bond acceptors (Lipinski definition) is 4. The van der Waals surface area contributed by atoms with E-state index in [2.05, 4.69) is 15.5 Å². The molecule has 2 aromatic carbocycles. The smallest absolute Gasteiger partial charge is 0.244 e. The highest BCUT2D eigenvalue weighted by molar-refractivity contribution is 5.90. The Morgan fingerprint density at radius 1 is 1.33 bits per heavy atom. The summed E-state index contributed by atoms with van der Waals surface area (Å²) < 4.78 is 5.01. The fourth-order valence-corrected chi connectivity index (χ4v) is 2.42. The van der Waals surface area contributed by atoms with Crippen LogP contribution >= 0.6 is 0 Å². The van der Waals surface area contributed by atoms with Crippen molar-refractivity contribution in [2.75, 3.05) is 7.11 Å². The fourth-order valence-electron chi connectivity index (χ4n) is 2.42. The van der Waals surface area contributed by atoms with Gasteiger partial charge in [-0.25, -0.2) is 5.43 Å². The molecule has 0 aliphatic carbocycles. The lowest BCUT2D eigenvalue weighted by atomic mass is 10.1. The van der Waals surface area contributed by atoms with Crippen LogP contribution in [0.2, 0.25) is 0 Å². The van der Waals surface area contributed by atoms with Crippen molar-refractivity contribution in [3.63, 3.8) is 0 Å². The number of aromatic nitrogens is 1. The van der Waals surface area contributed by atoms with E-state index in [1.807, 2.05) is 30.5 Å². The van der Waals surface area contributed by atoms with Crippen LogP contribution in [-0.2, 0) is 11.2 Å². The van der Waals surface area contributed by atoms with Gasteiger partial charge in [-0.2, -0.15) is 5.10 Å². The summed E-state index contributed by atoms with van der Waals surface area (Å²) in [6.45, 7) is 0. The zero-order valence-corrected chi connectivity index (χ0v) is 13.1. The molecule has 0 spiro atoms. The number of benzene rings is 2. The van der Waals surface area contributed by atoms with Crippen molar-refractivity contribution in [3.05, 3.63) is 59.8 Å². The minimum absolute atomic E-state index is 0.0315. The van der Waals surface area contributed by atoms with Gasteiger partial charge in [0.25, 0.3) is 0 Å². The summed E-state index contributed by atoms with van der Waals surface area (Å²) in [7, 11) is 1.52. The Hall–Kier alpha value is -3.28. The van der Waals surface area contributed by atoms with Gasteiger partial charge < -0.3 is 14.8 Å². The van der Waals surface area contributed by atoms with Gasteiger partial charge in [0, 0.05) is 28.7 Å². The average Bonchev–Trinajstić information content (AvgIpc) is 2.99. The average molecular weight is 323 g/mol. The Bertz CT molecular complexity index is 899. The van der Waals surface area contributed by atoms with Crippen molar-refractivity contribution in [2.24, 2.45) is 5.10 Å². The molecule has 0 unspecified atom stereocenters. The van der Waals surface area contributed by atoms with Gasteiger partial charge >= 0.3 is 0 Å². The van der Waals surface area contributed by atoms with Crippen molar-refractivity contribution in [2.45, 2.75) is 6.42 Å². The zero-order chi connectivity index (χ0) is 16.9. The second kappa shape index (κ2) is 6.87. The van der Waals surface area contributed by atoms with Crippen LogP contribution in [0, 0.1) is 0 Å². The van der Waals surface area contributed by atoms with Crippen LogP contribution in [0.15, 0.2) is 53.8 Å². The Labute approximate surface area is 138 Å². The summed E-state index contributed by atoms with van der Waals surface area (Å²) in [5.74, 6) is 0.348. The first-order valence-corrected chi connectivity index (χ1v) is 7.41. The van der Waals surface area contributed by atoms with Crippen molar-refractivity contribution in [3.8, 4) is 11.5 Å². The van der Waals surface area contributed by atoms with Gasteiger partial charge in [-0.1, -0.05) is 18.2 Å². The molecule has 3 N–H and O–H groups in total. The molecular weight excluding hydrogens is 306 g/mol. The first-order valence-electron chi connectivity index (χ1n) is 7.41. The number of rotatable bonds is 5. The van der Waals surface area contributed by atoms with E-state index >= 15 is 0 Å². The number of aromatic amines is 1. The number of nitrogens with zero attached hydrogens (tertiary/aromatic N) is 1. The topological polar surface area (TPSA) is 86.7 Å². The van der Waals surface area contributed by atoms with E-state index in [0.717, 1.165) is 16.5 Å². The lowest BCUT2D eigenvalue weighted by Crippen LogP contribution is -2.19. The number of carbonyl (C=O) groups excluding carboxylic acids is 1. The largest absolute Gasteiger partial charge is 0.507 e. The highest BCUT2D eigenvalue weighted by Crippen LogP contribution is 2.21. The Kier molecular flexibility index (Phi) is 4.47. The number of amides is 1. The van der Waals surface area contributed by atoms with E-state index in [9.17, 15) is 9.90 Å². The second-order valence-electron chi connectivity index (χ2n) is 5.25. The molecule has 122 valence electrons. The third-order valence-corrected chi connectivity index (χ3v) is 3.66. The molecule has 0 atom stereocenters. The Balaban J connectivity index is 1.63. The fraction of sp³-hybridized carbons (Fsp3) is 0.111. The van der Waals surface area contributed by atoms with Crippen molar-refractivity contribution < 1.29 is 14.6 Å². The van der Waals surface area contributed by atoms with Gasteiger partial charge in [0.1, 0.15) is 11.5 Å². The van der Waals surface area contributed by atoms with E-state index in [4.69, 9.17) is 4.74 Å². The van der Waals surface area contributed by atoms with Crippen molar-refractivity contribution in [1.29, 1.82) is 0 Å². The molecule has 1 aromatic heterocycles. The molecule has 6 heteroatoms. The third kappa shape index (κ3) is 3.38. The van der Waals surface area contributed by atoms with Gasteiger partial charge in [-0.15, -0.1) is 0 Å². The number of hydrogen-bond donors (Lipinski definition) is 3. The third-order valence-electron chi connectivity index (χ3n) is 3.66. The molecule has 0 saturated heterocycles. The number of methoxy groups -OCH3 is 1. The minimum Gasteiger partial charge on any atom is -0.507 e. The Morgan fingerprint density at radius 2 is 2.17 bits per heavy atom. The van der Waals surface area contributed by atoms with Crippen LogP contribution < -0.4 is 10.2 Å². The quantitative estimate of drug-likeness (QED) is 0.498.